The van der Waals surface area contributed by atoms with Gasteiger partial charge in [-0.25, -0.2) is 0 Å². The number of β-amino-alcohol motifs (C(OH)–C–C–N with tert-alkyl or cyclic N) is 1. The van der Waals surface area contributed by atoms with Crippen LogP contribution in [0.5, 0.6) is 0 Å². The maximum Gasteiger partial charge on any atom is 0.239 e. The number of amides is 1. The second-order valence-electron chi connectivity index (χ2n) is 7.58. The van der Waals surface area contributed by atoms with Crippen LogP contribution in [0.25, 0.3) is 0 Å². The molecule has 7 heteroatoms. The molecule has 142 valence electrons. The number of aliphatic hydroxyl groups is 1. The number of carbonyl (C=O) groups is 1. The van der Waals surface area contributed by atoms with E-state index >= 15 is 0 Å². The van der Waals surface area contributed by atoms with Gasteiger partial charge in [-0.2, -0.15) is 0 Å². The second-order valence-corrected chi connectivity index (χ2v) is 7.58. The van der Waals surface area contributed by atoms with Crippen LogP contribution >= 0.6 is 24.8 Å². The van der Waals surface area contributed by atoms with Crippen molar-refractivity contribution in [2.24, 2.45) is 5.92 Å². The number of hydrogen-bond acceptors (Lipinski definition) is 4. The fourth-order valence-corrected chi connectivity index (χ4v) is 4.54. The Kier molecular flexibility index (Phi) is 8.77. The fourth-order valence-electron chi connectivity index (χ4n) is 4.54. The molecule has 0 aromatic heterocycles. The number of aliphatic hydroxyl groups excluding tert-OH is 1. The normalized spacial score (nSPS) is 34.7. The molecular weight excluding hydrogens is 349 g/mol. The van der Waals surface area contributed by atoms with Crippen molar-refractivity contribution in [3.8, 4) is 0 Å². The van der Waals surface area contributed by atoms with Gasteiger partial charge in [0.1, 0.15) is 0 Å². The zero-order valence-electron chi connectivity index (χ0n) is 14.8. The van der Waals surface area contributed by atoms with Crippen LogP contribution in [0.1, 0.15) is 46.0 Å². The Morgan fingerprint density at radius 3 is 2.58 bits per heavy atom. The summed E-state index contributed by atoms with van der Waals surface area (Å²) < 4.78 is 0. The minimum Gasteiger partial charge on any atom is -0.392 e. The third kappa shape index (κ3) is 4.98. The Balaban J connectivity index is 0.00000144. The molecule has 2 heterocycles. The molecule has 5 nitrogen and oxygen atoms in total. The average Bonchev–Trinajstić information content (AvgIpc) is 2.92. The summed E-state index contributed by atoms with van der Waals surface area (Å²) in [5.74, 6) is 1.02. The Labute approximate surface area is 158 Å². The van der Waals surface area contributed by atoms with E-state index in [9.17, 15) is 9.90 Å². The van der Waals surface area contributed by atoms with Crippen LogP contribution in [0, 0.1) is 5.92 Å². The van der Waals surface area contributed by atoms with Crippen molar-refractivity contribution in [2.45, 2.75) is 70.2 Å². The number of rotatable bonds is 3. The molecule has 0 radical (unpaired) electrons. The molecule has 5 atom stereocenters. The third-order valence-electron chi connectivity index (χ3n) is 5.74. The van der Waals surface area contributed by atoms with E-state index in [-0.39, 0.29) is 37.0 Å². The molecule has 0 spiro atoms. The zero-order chi connectivity index (χ0) is 15.7. The molecule has 3 fully saturated rings. The predicted octanol–water partition coefficient (Wildman–Crippen LogP) is 1.66. The summed E-state index contributed by atoms with van der Waals surface area (Å²) in [6.07, 6.45) is 5.91. The number of hydrogen-bond donors (Lipinski definition) is 2. The van der Waals surface area contributed by atoms with Crippen molar-refractivity contribution >= 4 is 30.7 Å². The topological polar surface area (TPSA) is 55.8 Å². The fraction of sp³-hybridized carbons (Fsp3) is 0.941. The highest BCUT2D eigenvalue weighted by molar-refractivity contribution is 5.85. The van der Waals surface area contributed by atoms with Gasteiger partial charge in [0.15, 0.2) is 0 Å². The molecule has 2 aliphatic heterocycles. The van der Waals surface area contributed by atoms with E-state index in [1.807, 2.05) is 11.8 Å². The predicted molar refractivity (Wildman–Crippen MR) is 101 cm³/mol. The lowest BCUT2D eigenvalue weighted by Crippen LogP contribution is -2.57. The van der Waals surface area contributed by atoms with Gasteiger partial charge in [-0.05, 0) is 39.0 Å². The van der Waals surface area contributed by atoms with Gasteiger partial charge in [0.25, 0.3) is 0 Å². The molecule has 1 aliphatic carbocycles. The van der Waals surface area contributed by atoms with Crippen LogP contribution in [0.2, 0.25) is 0 Å². The van der Waals surface area contributed by atoms with Gasteiger partial charge < -0.3 is 15.3 Å². The van der Waals surface area contributed by atoms with Crippen LogP contribution in [-0.2, 0) is 4.79 Å². The summed E-state index contributed by atoms with van der Waals surface area (Å²) in [6.45, 7) is 7.15. The van der Waals surface area contributed by atoms with Crippen LogP contribution in [0.3, 0.4) is 0 Å². The quantitative estimate of drug-likeness (QED) is 0.780. The summed E-state index contributed by atoms with van der Waals surface area (Å²) in [6, 6.07) is 0.955. The highest BCUT2D eigenvalue weighted by Crippen LogP contribution is 2.33. The molecule has 1 amide bonds. The summed E-state index contributed by atoms with van der Waals surface area (Å²) in [7, 11) is 0. The van der Waals surface area contributed by atoms with E-state index in [1.54, 1.807) is 0 Å². The third-order valence-corrected chi connectivity index (χ3v) is 5.74. The van der Waals surface area contributed by atoms with Crippen molar-refractivity contribution in [3.63, 3.8) is 0 Å². The number of fused-ring (bicyclic) bond motifs is 1. The maximum absolute atomic E-state index is 12.8. The molecule has 1 saturated carbocycles. The highest BCUT2D eigenvalue weighted by atomic mass is 35.5. The van der Waals surface area contributed by atoms with Gasteiger partial charge in [-0.3, -0.25) is 9.69 Å². The average molecular weight is 382 g/mol. The van der Waals surface area contributed by atoms with Crippen molar-refractivity contribution in [2.75, 3.05) is 26.2 Å². The first kappa shape index (κ1) is 22.0. The van der Waals surface area contributed by atoms with Gasteiger partial charge >= 0.3 is 0 Å². The molecule has 0 aromatic carbocycles. The van der Waals surface area contributed by atoms with Crippen molar-refractivity contribution in [1.29, 1.82) is 0 Å². The van der Waals surface area contributed by atoms with Crippen LogP contribution in [-0.4, -0.2) is 71.2 Å². The lowest BCUT2D eigenvalue weighted by Gasteiger charge is -2.41. The van der Waals surface area contributed by atoms with Crippen LogP contribution in [0.15, 0.2) is 0 Å². The SMILES string of the molecule is CC(O)CN1CCN(C(=O)C2CC3CCCCC3N2)CC1C.Cl.Cl. The largest absolute Gasteiger partial charge is 0.392 e. The molecule has 2 N–H and O–H groups in total. The standard InChI is InChI=1S/C17H31N3O2.2ClH/c1-12-10-20(8-7-19(12)11-13(2)21)17(22)16-9-14-5-3-4-6-15(14)18-16;;/h12-16,18,21H,3-11H2,1-2H3;2*1H. The first-order valence-corrected chi connectivity index (χ1v) is 9.01. The van der Waals surface area contributed by atoms with E-state index in [4.69, 9.17) is 0 Å². The minimum absolute atomic E-state index is 0. The lowest BCUT2D eigenvalue weighted by atomic mass is 9.85. The molecule has 0 bridgehead atoms. The Morgan fingerprint density at radius 1 is 1.25 bits per heavy atom. The molecular formula is C17H33Cl2N3O2. The van der Waals surface area contributed by atoms with E-state index in [0.717, 1.165) is 32.0 Å². The summed E-state index contributed by atoms with van der Waals surface area (Å²) >= 11 is 0. The number of piperazine rings is 1. The zero-order valence-corrected chi connectivity index (χ0v) is 16.5. The van der Waals surface area contributed by atoms with Gasteiger partial charge in [0.05, 0.1) is 12.1 Å². The molecule has 3 rings (SSSR count). The first-order chi connectivity index (χ1) is 10.5. The van der Waals surface area contributed by atoms with Gasteiger partial charge in [0, 0.05) is 38.3 Å². The van der Waals surface area contributed by atoms with Crippen molar-refractivity contribution in [3.05, 3.63) is 0 Å². The summed E-state index contributed by atoms with van der Waals surface area (Å²) in [5.41, 5.74) is 0. The number of nitrogens with zero attached hydrogens (tertiary/aromatic N) is 2. The second kappa shape index (κ2) is 9.58. The molecule has 0 aromatic rings. The Bertz CT molecular complexity index is 397. The van der Waals surface area contributed by atoms with Gasteiger partial charge in [-0.15, -0.1) is 24.8 Å². The lowest BCUT2D eigenvalue weighted by molar-refractivity contribution is -0.136. The van der Waals surface area contributed by atoms with Crippen LogP contribution in [0.4, 0.5) is 0 Å². The summed E-state index contributed by atoms with van der Waals surface area (Å²) in [4.78, 5) is 17.1. The number of halogens is 2. The molecule has 2 saturated heterocycles. The number of carbonyl (C=O) groups excluding carboxylic acids is 1. The van der Waals surface area contributed by atoms with Crippen molar-refractivity contribution in [1.82, 2.24) is 15.1 Å². The molecule has 3 aliphatic rings. The smallest absolute Gasteiger partial charge is 0.239 e. The molecule has 24 heavy (non-hydrogen) atoms. The van der Waals surface area contributed by atoms with Crippen LogP contribution < -0.4 is 5.32 Å². The van der Waals surface area contributed by atoms with E-state index < -0.39 is 0 Å². The van der Waals surface area contributed by atoms with Gasteiger partial charge in [0.2, 0.25) is 5.91 Å². The Hall–Kier alpha value is -0.0700. The van der Waals surface area contributed by atoms with Crippen molar-refractivity contribution < 1.29 is 9.90 Å². The van der Waals surface area contributed by atoms with E-state index in [0.29, 0.717) is 24.5 Å². The Morgan fingerprint density at radius 2 is 1.96 bits per heavy atom. The maximum atomic E-state index is 12.8. The first-order valence-electron chi connectivity index (χ1n) is 9.01. The minimum atomic E-state index is -0.302. The van der Waals surface area contributed by atoms with E-state index in [2.05, 4.69) is 17.1 Å². The number of nitrogens with one attached hydrogen (secondary N) is 1. The summed E-state index contributed by atoms with van der Waals surface area (Å²) in [5, 5.41) is 13.2. The molecule has 5 unspecified atom stereocenters. The van der Waals surface area contributed by atoms with E-state index in [1.165, 1.54) is 25.7 Å². The highest BCUT2D eigenvalue weighted by Gasteiger charge is 2.40. The van der Waals surface area contributed by atoms with Gasteiger partial charge in [-0.1, -0.05) is 12.8 Å². The monoisotopic (exact) mass is 381 g/mol.